The lowest BCUT2D eigenvalue weighted by Gasteiger charge is -2.14. The molecule has 0 saturated carbocycles. The zero-order valence-electron chi connectivity index (χ0n) is 13.1. The maximum Gasteiger partial charge on any atom is 0.279 e. The van der Waals surface area contributed by atoms with Crippen LogP contribution in [-0.4, -0.2) is 33.2 Å². The van der Waals surface area contributed by atoms with Crippen molar-refractivity contribution in [2.75, 3.05) is 32.6 Å². The number of quaternary nitrogens is 1. The summed E-state index contributed by atoms with van der Waals surface area (Å²) in [4.78, 5) is 13.2. The number of ether oxygens (including phenoxy) is 1. The number of nitrogens with one attached hydrogen (secondary N) is 2. The van der Waals surface area contributed by atoms with Crippen LogP contribution in [0.3, 0.4) is 0 Å². The molecule has 4 nitrogen and oxygen atoms in total. The SMILES string of the molecule is COc1cccc(NC(=O)C[NH+](C)CCc2ccccc2)c1. The summed E-state index contributed by atoms with van der Waals surface area (Å²) in [5, 5.41) is 2.91. The molecule has 1 unspecified atom stereocenters. The summed E-state index contributed by atoms with van der Waals surface area (Å²) in [5.41, 5.74) is 2.07. The number of benzene rings is 2. The van der Waals surface area contributed by atoms with E-state index in [9.17, 15) is 4.79 Å². The molecule has 0 spiro atoms. The van der Waals surface area contributed by atoms with Crippen molar-refractivity contribution in [2.45, 2.75) is 6.42 Å². The van der Waals surface area contributed by atoms with Gasteiger partial charge < -0.3 is 15.0 Å². The minimum Gasteiger partial charge on any atom is -0.497 e. The fourth-order valence-electron chi connectivity index (χ4n) is 2.27. The van der Waals surface area contributed by atoms with Gasteiger partial charge in [0.15, 0.2) is 6.54 Å². The van der Waals surface area contributed by atoms with Gasteiger partial charge >= 0.3 is 0 Å². The van der Waals surface area contributed by atoms with E-state index in [2.05, 4.69) is 17.4 Å². The molecule has 2 rings (SSSR count). The highest BCUT2D eigenvalue weighted by Crippen LogP contribution is 2.16. The number of hydrogen-bond donors (Lipinski definition) is 2. The first-order valence-electron chi connectivity index (χ1n) is 7.46. The molecular formula is C18H23N2O2+. The third kappa shape index (κ3) is 5.22. The third-order valence-electron chi connectivity index (χ3n) is 3.50. The lowest BCUT2D eigenvalue weighted by Crippen LogP contribution is -3.10. The summed E-state index contributed by atoms with van der Waals surface area (Å²) in [6, 6.07) is 17.7. The maximum absolute atomic E-state index is 12.1. The summed E-state index contributed by atoms with van der Waals surface area (Å²) in [7, 11) is 3.65. The van der Waals surface area contributed by atoms with E-state index in [-0.39, 0.29) is 5.91 Å². The third-order valence-corrected chi connectivity index (χ3v) is 3.50. The van der Waals surface area contributed by atoms with E-state index in [4.69, 9.17) is 4.74 Å². The Morgan fingerprint density at radius 1 is 1.14 bits per heavy atom. The Bertz CT molecular complexity index is 599. The lowest BCUT2D eigenvalue weighted by atomic mass is 10.1. The Morgan fingerprint density at radius 2 is 1.91 bits per heavy atom. The fraction of sp³-hybridized carbons (Fsp3) is 0.278. The number of rotatable bonds is 7. The van der Waals surface area contributed by atoms with Crippen LogP contribution in [0.1, 0.15) is 5.56 Å². The van der Waals surface area contributed by atoms with Crippen molar-refractivity contribution in [3.05, 3.63) is 60.2 Å². The first kappa shape index (κ1) is 16.0. The van der Waals surface area contributed by atoms with Crippen molar-refractivity contribution in [2.24, 2.45) is 0 Å². The van der Waals surface area contributed by atoms with E-state index in [1.165, 1.54) is 10.5 Å². The average molecular weight is 299 g/mol. The summed E-state index contributed by atoms with van der Waals surface area (Å²) in [5.74, 6) is 0.751. The van der Waals surface area contributed by atoms with Crippen LogP contribution in [0.15, 0.2) is 54.6 Å². The Hall–Kier alpha value is -2.33. The van der Waals surface area contributed by atoms with Gasteiger partial charge in [-0.1, -0.05) is 36.4 Å². The molecule has 0 saturated heterocycles. The van der Waals surface area contributed by atoms with E-state index >= 15 is 0 Å². The van der Waals surface area contributed by atoms with Gasteiger partial charge in [-0.05, 0) is 17.7 Å². The van der Waals surface area contributed by atoms with Crippen LogP contribution in [0.25, 0.3) is 0 Å². The first-order valence-corrected chi connectivity index (χ1v) is 7.46. The van der Waals surface area contributed by atoms with Gasteiger partial charge in [-0.3, -0.25) is 4.79 Å². The van der Waals surface area contributed by atoms with Crippen molar-refractivity contribution in [1.82, 2.24) is 0 Å². The molecule has 2 N–H and O–H groups in total. The molecule has 116 valence electrons. The van der Waals surface area contributed by atoms with Crippen molar-refractivity contribution in [1.29, 1.82) is 0 Å². The molecular weight excluding hydrogens is 276 g/mol. The van der Waals surface area contributed by atoms with Crippen LogP contribution in [-0.2, 0) is 11.2 Å². The largest absolute Gasteiger partial charge is 0.497 e. The zero-order chi connectivity index (χ0) is 15.8. The predicted molar refractivity (Wildman–Crippen MR) is 88.4 cm³/mol. The summed E-state index contributed by atoms with van der Waals surface area (Å²) >= 11 is 0. The van der Waals surface area contributed by atoms with E-state index in [0.29, 0.717) is 6.54 Å². The number of anilines is 1. The first-order chi connectivity index (χ1) is 10.7. The van der Waals surface area contributed by atoms with Gasteiger partial charge in [0.05, 0.1) is 20.7 Å². The highest BCUT2D eigenvalue weighted by molar-refractivity contribution is 5.91. The van der Waals surface area contributed by atoms with E-state index < -0.39 is 0 Å². The molecule has 0 aromatic heterocycles. The summed E-state index contributed by atoms with van der Waals surface area (Å²) in [6.45, 7) is 1.37. The summed E-state index contributed by atoms with van der Waals surface area (Å²) < 4.78 is 5.15. The zero-order valence-corrected chi connectivity index (χ0v) is 13.1. The summed E-state index contributed by atoms with van der Waals surface area (Å²) in [6.07, 6.45) is 0.971. The number of amides is 1. The van der Waals surface area contributed by atoms with Gasteiger partial charge in [0.1, 0.15) is 5.75 Å². The predicted octanol–water partition coefficient (Wildman–Crippen LogP) is 1.39. The van der Waals surface area contributed by atoms with Crippen LogP contribution >= 0.6 is 0 Å². The smallest absolute Gasteiger partial charge is 0.279 e. The molecule has 22 heavy (non-hydrogen) atoms. The number of hydrogen-bond acceptors (Lipinski definition) is 2. The fourth-order valence-corrected chi connectivity index (χ4v) is 2.27. The molecule has 1 amide bonds. The Labute approximate surface area is 131 Å². The lowest BCUT2D eigenvalue weighted by molar-refractivity contribution is -0.870. The van der Waals surface area contributed by atoms with E-state index in [0.717, 1.165) is 24.4 Å². The molecule has 0 fully saturated rings. The van der Waals surface area contributed by atoms with Crippen LogP contribution in [0.5, 0.6) is 5.75 Å². The monoisotopic (exact) mass is 299 g/mol. The Morgan fingerprint density at radius 3 is 2.64 bits per heavy atom. The number of likely N-dealkylation sites (N-methyl/N-ethyl adjacent to an activating group) is 1. The molecule has 0 heterocycles. The molecule has 1 atom stereocenters. The normalized spacial score (nSPS) is 11.7. The van der Waals surface area contributed by atoms with Gasteiger partial charge in [0.2, 0.25) is 0 Å². The minimum atomic E-state index is 0.0128. The molecule has 2 aromatic rings. The highest BCUT2D eigenvalue weighted by Gasteiger charge is 2.10. The quantitative estimate of drug-likeness (QED) is 0.811. The van der Waals surface area contributed by atoms with Gasteiger partial charge in [0, 0.05) is 18.2 Å². The topological polar surface area (TPSA) is 42.8 Å². The number of carbonyl (C=O) groups excluding carboxylic acids is 1. The molecule has 4 heteroatoms. The molecule has 0 bridgehead atoms. The van der Waals surface area contributed by atoms with Gasteiger partial charge in [0.25, 0.3) is 5.91 Å². The van der Waals surface area contributed by atoms with E-state index in [1.54, 1.807) is 7.11 Å². The van der Waals surface area contributed by atoms with E-state index in [1.807, 2.05) is 49.5 Å². The Balaban J connectivity index is 1.78. The van der Waals surface area contributed by atoms with Gasteiger partial charge in [-0.2, -0.15) is 0 Å². The van der Waals surface area contributed by atoms with Crippen LogP contribution in [0, 0.1) is 0 Å². The van der Waals surface area contributed by atoms with Crippen molar-refractivity contribution < 1.29 is 14.4 Å². The van der Waals surface area contributed by atoms with Crippen molar-refractivity contribution in [3.63, 3.8) is 0 Å². The molecule has 0 aliphatic rings. The number of methoxy groups -OCH3 is 1. The van der Waals surface area contributed by atoms with Crippen LogP contribution in [0.4, 0.5) is 5.69 Å². The average Bonchev–Trinajstić information content (AvgIpc) is 2.54. The standard InChI is InChI=1S/C18H22N2O2/c1-20(12-11-15-7-4-3-5-8-15)14-18(21)19-16-9-6-10-17(13-16)22-2/h3-10,13H,11-12,14H2,1-2H3,(H,19,21)/p+1. The van der Waals surface area contributed by atoms with Crippen LogP contribution < -0.4 is 15.0 Å². The molecule has 0 radical (unpaired) electrons. The number of carbonyl (C=O) groups is 1. The van der Waals surface area contributed by atoms with Crippen LogP contribution in [0.2, 0.25) is 0 Å². The molecule has 0 aliphatic heterocycles. The Kier molecular flexibility index (Phi) is 5.98. The second-order valence-electron chi connectivity index (χ2n) is 5.40. The van der Waals surface area contributed by atoms with Gasteiger partial charge in [-0.15, -0.1) is 0 Å². The van der Waals surface area contributed by atoms with Crippen molar-refractivity contribution >= 4 is 11.6 Å². The minimum absolute atomic E-state index is 0.0128. The molecule has 2 aromatic carbocycles. The highest BCUT2D eigenvalue weighted by atomic mass is 16.5. The molecule has 0 aliphatic carbocycles. The van der Waals surface area contributed by atoms with Crippen molar-refractivity contribution in [3.8, 4) is 5.75 Å². The van der Waals surface area contributed by atoms with Gasteiger partial charge in [-0.25, -0.2) is 0 Å². The maximum atomic E-state index is 12.1. The second kappa shape index (κ2) is 8.20. The second-order valence-corrected chi connectivity index (χ2v) is 5.40.